The zero-order chi connectivity index (χ0) is 25.8. The van der Waals surface area contributed by atoms with E-state index in [0.717, 1.165) is 27.9 Å². The third-order valence-electron chi connectivity index (χ3n) is 6.55. The molecule has 0 saturated carbocycles. The molecule has 188 valence electrons. The molecular weight excluding hydrogens is 466 g/mol. The molecule has 2 aromatic carbocycles. The van der Waals surface area contributed by atoms with Crippen molar-refractivity contribution in [1.29, 1.82) is 0 Å². The van der Waals surface area contributed by atoms with Gasteiger partial charge in [0.2, 0.25) is 0 Å². The monoisotopic (exact) mass is 495 g/mol. The van der Waals surface area contributed by atoms with Gasteiger partial charge in [-0.3, -0.25) is 14.6 Å². The van der Waals surface area contributed by atoms with Gasteiger partial charge in [0.05, 0.1) is 24.5 Å². The van der Waals surface area contributed by atoms with E-state index in [-0.39, 0.29) is 17.9 Å². The average molecular weight is 496 g/mol. The molecule has 1 aliphatic heterocycles. The van der Waals surface area contributed by atoms with Gasteiger partial charge in [0.1, 0.15) is 5.75 Å². The number of rotatable bonds is 7. The van der Waals surface area contributed by atoms with E-state index < -0.39 is 6.10 Å². The van der Waals surface area contributed by atoms with Crippen LogP contribution in [0.1, 0.15) is 51.5 Å². The summed E-state index contributed by atoms with van der Waals surface area (Å²) >= 11 is 0. The molecule has 5 rings (SSSR count). The van der Waals surface area contributed by atoms with E-state index in [2.05, 4.69) is 16.4 Å². The number of aromatic nitrogens is 1. The van der Waals surface area contributed by atoms with Gasteiger partial charge in [-0.25, -0.2) is 0 Å². The predicted octanol–water partition coefficient (Wildman–Crippen LogP) is 4.85. The summed E-state index contributed by atoms with van der Waals surface area (Å²) < 4.78 is 11.5. The fourth-order valence-corrected chi connectivity index (χ4v) is 4.71. The van der Waals surface area contributed by atoms with Crippen LogP contribution in [-0.2, 0) is 17.8 Å². The molecule has 7 nitrogen and oxygen atoms in total. The number of amides is 2. The van der Waals surface area contributed by atoms with E-state index in [1.165, 1.54) is 6.26 Å². The fraction of sp³-hybridized carbons (Fsp3) is 0.233. The average Bonchev–Trinajstić information content (AvgIpc) is 3.46. The largest absolute Gasteiger partial charge is 0.481 e. The summed E-state index contributed by atoms with van der Waals surface area (Å²) in [6, 6.07) is 22.7. The first-order valence-corrected chi connectivity index (χ1v) is 12.4. The molecule has 37 heavy (non-hydrogen) atoms. The Hall–Kier alpha value is -4.39. The summed E-state index contributed by atoms with van der Waals surface area (Å²) in [4.78, 5) is 32.2. The van der Waals surface area contributed by atoms with E-state index in [0.29, 0.717) is 31.0 Å². The number of carbonyl (C=O) groups excluding carboxylic acids is 2. The highest BCUT2D eigenvalue weighted by molar-refractivity contribution is 5.92. The maximum absolute atomic E-state index is 13.4. The molecule has 0 bridgehead atoms. The highest BCUT2D eigenvalue weighted by Gasteiger charge is 2.34. The Balaban J connectivity index is 1.40. The molecule has 0 saturated heterocycles. The second-order valence-electron chi connectivity index (χ2n) is 9.20. The summed E-state index contributed by atoms with van der Waals surface area (Å²) in [7, 11) is 0. The summed E-state index contributed by atoms with van der Waals surface area (Å²) in [6.45, 7) is 4.66. The molecule has 1 aliphatic rings. The predicted molar refractivity (Wildman–Crippen MR) is 139 cm³/mol. The lowest BCUT2D eigenvalue weighted by atomic mass is 9.87. The zero-order valence-corrected chi connectivity index (χ0v) is 20.9. The van der Waals surface area contributed by atoms with E-state index in [4.69, 9.17) is 9.15 Å². The van der Waals surface area contributed by atoms with Gasteiger partial charge in [-0.2, -0.15) is 0 Å². The van der Waals surface area contributed by atoms with Gasteiger partial charge in [0, 0.05) is 12.7 Å². The lowest BCUT2D eigenvalue weighted by Gasteiger charge is -2.37. The molecule has 0 aliphatic carbocycles. The smallest absolute Gasteiger partial charge is 0.290 e. The number of hydrogen-bond acceptors (Lipinski definition) is 5. The van der Waals surface area contributed by atoms with E-state index in [1.807, 2.05) is 66.4 Å². The van der Waals surface area contributed by atoms with Crippen molar-refractivity contribution in [3.8, 4) is 5.75 Å². The Kier molecular flexibility index (Phi) is 7.03. The first-order chi connectivity index (χ1) is 18.0. The van der Waals surface area contributed by atoms with Crippen molar-refractivity contribution in [1.82, 2.24) is 15.2 Å². The molecule has 3 heterocycles. The molecular formula is C30H29N3O4. The van der Waals surface area contributed by atoms with Gasteiger partial charge < -0.3 is 19.4 Å². The molecule has 0 fully saturated rings. The lowest BCUT2D eigenvalue weighted by Crippen LogP contribution is -2.40. The van der Waals surface area contributed by atoms with Crippen LogP contribution in [0.5, 0.6) is 5.75 Å². The molecule has 4 aromatic rings. The van der Waals surface area contributed by atoms with Crippen molar-refractivity contribution >= 4 is 11.8 Å². The van der Waals surface area contributed by atoms with Gasteiger partial charge in [0.15, 0.2) is 11.9 Å². The number of nitrogens with one attached hydrogen (secondary N) is 1. The maximum Gasteiger partial charge on any atom is 0.290 e. The van der Waals surface area contributed by atoms with Crippen molar-refractivity contribution < 1.29 is 18.7 Å². The molecule has 1 N–H and O–H groups in total. The zero-order valence-electron chi connectivity index (χ0n) is 20.9. The van der Waals surface area contributed by atoms with Crippen LogP contribution in [-0.4, -0.2) is 34.3 Å². The second-order valence-corrected chi connectivity index (χ2v) is 9.20. The molecule has 7 heteroatoms. The van der Waals surface area contributed by atoms with Gasteiger partial charge in [-0.1, -0.05) is 42.0 Å². The molecule has 2 atom stereocenters. The minimum Gasteiger partial charge on any atom is -0.481 e. The van der Waals surface area contributed by atoms with Gasteiger partial charge >= 0.3 is 0 Å². The van der Waals surface area contributed by atoms with Crippen molar-refractivity contribution in [2.45, 2.75) is 39.0 Å². The van der Waals surface area contributed by atoms with Crippen LogP contribution in [0, 0.1) is 6.92 Å². The van der Waals surface area contributed by atoms with Crippen molar-refractivity contribution in [3.05, 3.63) is 119 Å². The molecule has 0 spiro atoms. The Morgan fingerprint density at radius 1 is 1.11 bits per heavy atom. The normalized spacial score (nSPS) is 15.5. The minimum atomic E-state index is -0.705. The summed E-state index contributed by atoms with van der Waals surface area (Å²) in [5, 5.41) is 2.87. The highest BCUT2D eigenvalue weighted by atomic mass is 16.5. The van der Waals surface area contributed by atoms with Crippen LogP contribution in [0.2, 0.25) is 0 Å². The number of nitrogens with zero attached hydrogens (tertiary/aromatic N) is 2. The first kappa shape index (κ1) is 24.3. The molecule has 0 unspecified atom stereocenters. The quantitative estimate of drug-likeness (QED) is 0.396. The minimum absolute atomic E-state index is 0.157. The van der Waals surface area contributed by atoms with Crippen molar-refractivity contribution in [2.24, 2.45) is 0 Å². The lowest BCUT2D eigenvalue weighted by molar-refractivity contribution is -0.127. The topological polar surface area (TPSA) is 84.7 Å². The third-order valence-corrected chi connectivity index (χ3v) is 6.55. The van der Waals surface area contributed by atoms with Crippen LogP contribution in [0.15, 0.2) is 89.7 Å². The number of hydrogen-bond donors (Lipinski definition) is 1. The Labute approximate surface area is 216 Å². The van der Waals surface area contributed by atoms with Crippen LogP contribution in [0.3, 0.4) is 0 Å². The molecule has 0 radical (unpaired) electrons. The van der Waals surface area contributed by atoms with Crippen molar-refractivity contribution in [2.75, 3.05) is 6.54 Å². The number of carbonyl (C=O) groups is 2. The Morgan fingerprint density at radius 3 is 2.76 bits per heavy atom. The van der Waals surface area contributed by atoms with E-state index >= 15 is 0 Å². The summed E-state index contributed by atoms with van der Waals surface area (Å²) in [5.74, 6) is 0.500. The molecule has 2 aromatic heterocycles. The Bertz CT molecular complexity index is 1390. The van der Waals surface area contributed by atoms with Gasteiger partial charge in [-0.05, 0) is 73.4 Å². The number of ether oxygens (including phenoxy) is 1. The standard InChI is InChI=1S/C30H29N3O4/c1-20-7-5-8-23(17-20)28-26-18-25(37-21(2)29(34)32-19-24-9-3-4-14-31-24)12-11-22(26)13-15-33(28)30(35)27-10-6-16-36-27/h3-12,14,16-18,21,28H,13,15,19H2,1-2H3,(H,32,34)/t21-,28-/m1/s1. The SMILES string of the molecule is Cc1cccc([C@@H]2c3cc(O[C@H](C)C(=O)NCc4ccccn4)ccc3CCN2C(=O)c2ccco2)c1. The number of aryl methyl sites for hydroxylation is 1. The third kappa shape index (κ3) is 5.40. The first-order valence-electron chi connectivity index (χ1n) is 12.4. The number of pyridine rings is 1. The number of benzene rings is 2. The van der Waals surface area contributed by atoms with E-state index in [1.54, 1.807) is 25.3 Å². The number of furan rings is 1. The van der Waals surface area contributed by atoms with Crippen LogP contribution >= 0.6 is 0 Å². The van der Waals surface area contributed by atoms with Crippen molar-refractivity contribution in [3.63, 3.8) is 0 Å². The second kappa shape index (κ2) is 10.7. The van der Waals surface area contributed by atoms with Crippen LogP contribution < -0.4 is 10.1 Å². The van der Waals surface area contributed by atoms with Gasteiger partial charge in [0.25, 0.3) is 11.8 Å². The maximum atomic E-state index is 13.4. The highest BCUT2D eigenvalue weighted by Crippen LogP contribution is 2.38. The Morgan fingerprint density at radius 2 is 2.00 bits per heavy atom. The van der Waals surface area contributed by atoms with Crippen LogP contribution in [0.4, 0.5) is 0 Å². The summed E-state index contributed by atoms with van der Waals surface area (Å²) in [5.41, 5.74) is 5.03. The van der Waals surface area contributed by atoms with Gasteiger partial charge in [-0.15, -0.1) is 0 Å². The summed E-state index contributed by atoms with van der Waals surface area (Å²) in [6.07, 6.45) is 3.21. The fourth-order valence-electron chi connectivity index (χ4n) is 4.71. The van der Waals surface area contributed by atoms with Crippen LogP contribution in [0.25, 0.3) is 0 Å². The van der Waals surface area contributed by atoms with E-state index in [9.17, 15) is 9.59 Å². The number of fused-ring (bicyclic) bond motifs is 1. The molecule has 2 amide bonds.